The fourth-order valence-electron chi connectivity index (χ4n) is 4.88. The summed E-state index contributed by atoms with van der Waals surface area (Å²) in [5.41, 5.74) is 2.56. The Morgan fingerprint density at radius 1 is 0.900 bits per heavy atom. The SMILES string of the molecule is Cc1ccc(S(=O)(=O)N2CCCC23CCN(c2cnc4ccccc4n2)CC3)cc1. The van der Waals surface area contributed by atoms with E-state index in [4.69, 9.17) is 4.98 Å². The van der Waals surface area contributed by atoms with E-state index >= 15 is 0 Å². The Balaban J connectivity index is 1.37. The number of sulfonamides is 1. The standard InChI is InChI=1S/C23H26N4O2S/c1-18-7-9-19(10-8-18)30(28,29)27-14-4-11-23(27)12-15-26(16-13-23)22-17-24-20-5-2-3-6-21(20)25-22/h2-3,5-10,17H,4,11-16H2,1H3. The molecule has 5 rings (SSSR count). The fraction of sp³-hybridized carbons (Fsp3) is 0.391. The van der Waals surface area contributed by atoms with Crippen LogP contribution >= 0.6 is 0 Å². The highest BCUT2D eigenvalue weighted by Crippen LogP contribution is 2.42. The van der Waals surface area contributed by atoms with Crippen molar-refractivity contribution in [2.75, 3.05) is 24.5 Å². The summed E-state index contributed by atoms with van der Waals surface area (Å²) in [6, 6.07) is 15.1. The van der Waals surface area contributed by atoms with Gasteiger partial charge < -0.3 is 4.90 Å². The molecule has 156 valence electrons. The van der Waals surface area contributed by atoms with E-state index in [-0.39, 0.29) is 5.54 Å². The van der Waals surface area contributed by atoms with Crippen LogP contribution in [-0.4, -0.2) is 47.9 Å². The van der Waals surface area contributed by atoms with Crippen molar-refractivity contribution in [2.45, 2.75) is 43.0 Å². The number of hydrogen-bond donors (Lipinski definition) is 0. The first kappa shape index (κ1) is 19.5. The molecule has 30 heavy (non-hydrogen) atoms. The average molecular weight is 423 g/mol. The maximum Gasteiger partial charge on any atom is 0.243 e. The minimum absolute atomic E-state index is 0.287. The zero-order chi connectivity index (χ0) is 20.8. The molecule has 0 N–H and O–H groups in total. The van der Waals surface area contributed by atoms with Crippen molar-refractivity contribution in [2.24, 2.45) is 0 Å². The molecule has 2 aliphatic heterocycles. The number of para-hydroxylation sites is 2. The highest BCUT2D eigenvalue weighted by molar-refractivity contribution is 7.89. The second-order valence-corrected chi connectivity index (χ2v) is 10.3. The van der Waals surface area contributed by atoms with Crippen LogP contribution in [0.1, 0.15) is 31.2 Å². The van der Waals surface area contributed by atoms with Crippen LogP contribution in [0.25, 0.3) is 11.0 Å². The monoisotopic (exact) mass is 422 g/mol. The predicted molar refractivity (Wildman–Crippen MR) is 118 cm³/mol. The predicted octanol–water partition coefficient (Wildman–Crippen LogP) is 3.76. The van der Waals surface area contributed by atoms with Crippen LogP contribution in [0.3, 0.4) is 0 Å². The second-order valence-electron chi connectivity index (χ2n) is 8.42. The Kier molecular flexibility index (Phi) is 4.75. The van der Waals surface area contributed by atoms with Gasteiger partial charge in [-0.05, 0) is 56.9 Å². The van der Waals surface area contributed by atoms with Gasteiger partial charge in [0.2, 0.25) is 10.0 Å². The minimum Gasteiger partial charge on any atom is -0.355 e. The molecule has 0 saturated carbocycles. The summed E-state index contributed by atoms with van der Waals surface area (Å²) < 4.78 is 28.6. The molecule has 1 spiro atoms. The van der Waals surface area contributed by atoms with E-state index in [2.05, 4.69) is 9.88 Å². The third-order valence-corrected chi connectivity index (χ3v) is 8.61. The van der Waals surface area contributed by atoms with Crippen LogP contribution in [0.15, 0.2) is 59.6 Å². The number of aryl methyl sites for hydroxylation is 1. The largest absolute Gasteiger partial charge is 0.355 e. The first-order valence-corrected chi connectivity index (χ1v) is 12.0. The molecular formula is C23H26N4O2S. The lowest BCUT2D eigenvalue weighted by molar-refractivity contribution is 0.192. The Bertz CT molecular complexity index is 1170. The van der Waals surface area contributed by atoms with E-state index in [0.717, 1.165) is 61.2 Å². The number of anilines is 1. The van der Waals surface area contributed by atoms with Crippen LogP contribution in [-0.2, 0) is 10.0 Å². The topological polar surface area (TPSA) is 66.4 Å². The van der Waals surface area contributed by atoms with Crippen molar-refractivity contribution in [3.63, 3.8) is 0 Å². The molecule has 0 atom stereocenters. The van der Waals surface area contributed by atoms with E-state index in [1.165, 1.54) is 0 Å². The maximum absolute atomic E-state index is 13.4. The van der Waals surface area contributed by atoms with Crippen LogP contribution in [0.5, 0.6) is 0 Å². The first-order valence-electron chi connectivity index (χ1n) is 10.5. The third-order valence-electron chi connectivity index (χ3n) is 6.60. The molecule has 2 aliphatic rings. The van der Waals surface area contributed by atoms with E-state index in [0.29, 0.717) is 11.4 Å². The van der Waals surface area contributed by atoms with Crippen molar-refractivity contribution in [1.82, 2.24) is 14.3 Å². The molecule has 6 nitrogen and oxygen atoms in total. The number of rotatable bonds is 3. The van der Waals surface area contributed by atoms with Gasteiger partial charge in [0.25, 0.3) is 0 Å². The molecule has 2 aromatic carbocycles. The molecule has 2 saturated heterocycles. The van der Waals surface area contributed by atoms with Crippen molar-refractivity contribution in [3.8, 4) is 0 Å². The number of piperidine rings is 1. The van der Waals surface area contributed by atoms with Gasteiger partial charge in [-0.1, -0.05) is 29.8 Å². The van der Waals surface area contributed by atoms with Gasteiger partial charge in [0.15, 0.2) is 0 Å². The Labute approximate surface area is 177 Å². The molecule has 2 fully saturated rings. The zero-order valence-corrected chi connectivity index (χ0v) is 18.0. The quantitative estimate of drug-likeness (QED) is 0.643. The fourth-order valence-corrected chi connectivity index (χ4v) is 6.77. The maximum atomic E-state index is 13.4. The number of fused-ring (bicyclic) bond motifs is 1. The van der Waals surface area contributed by atoms with Crippen LogP contribution in [0.2, 0.25) is 0 Å². The highest BCUT2D eigenvalue weighted by Gasteiger charge is 2.49. The van der Waals surface area contributed by atoms with E-state index in [1.54, 1.807) is 16.4 Å². The normalized spacial score (nSPS) is 19.6. The third kappa shape index (κ3) is 3.26. The number of aromatic nitrogens is 2. The van der Waals surface area contributed by atoms with Crippen molar-refractivity contribution in [1.29, 1.82) is 0 Å². The molecular weight excluding hydrogens is 396 g/mol. The van der Waals surface area contributed by atoms with E-state index < -0.39 is 10.0 Å². The lowest BCUT2D eigenvalue weighted by atomic mass is 9.86. The molecule has 0 unspecified atom stereocenters. The van der Waals surface area contributed by atoms with Gasteiger partial charge in [-0.2, -0.15) is 4.31 Å². The van der Waals surface area contributed by atoms with Gasteiger partial charge in [0.05, 0.1) is 22.1 Å². The Morgan fingerprint density at radius 3 is 2.33 bits per heavy atom. The van der Waals surface area contributed by atoms with E-state index in [1.807, 2.05) is 49.5 Å². The zero-order valence-electron chi connectivity index (χ0n) is 17.2. The van der Waals surface area contributed by atoms with Crippen LogP contribution in [0.4, 0.5) is 5.82 Å². The summed E-state index contributed by atoms with van der Waals surface area (Å²) >= 11 is 0. The Hall–Kier alpha value is -2.51. The summed E-state index contributed by atoms with van der Waals surface area (Å²) in [4.78, 5) is 11.9. The van der Waals surface area contributed by atoms with Crippen molar-refractivity contribution in [3.05, 3.63) is 60.3 Å². The first-order chi connectivity index (χ1) is 14.5. The van der Waals surface area contributed by atoms with Gasteiger partial charge in [0, 0.05) is 25.2 Å². The van der Waals surface area contributed by atoms with Gasteiger partial charge >= 0.3 is 0 Å². The summed E-state index contributed by atoms with van der Waals surface area (Å²) in [5, 5.41) is 0. The number of hydrogen-bond acceptors (Lipinski definition) is 5. The van der Waals surface area contributed by atoms with Gasteiger partial charge in [-0.25, -0.2) is 13.4 Å². The molecule has 1 aromatic heterocycles. The van der Waals surface area contributed by atoms with Gasteiger partial charge in [-0.3, -0.25) is 4.98 Å². The number of nitrogens with zero attached hydrogens (tertiary/aromatic N) is 4. The highest BCUT2D eigenvalue weighted by atomic mass is 32.2. The molecule has 0 amide bonds. The lowest BCUT2D eigenvalue weighted by Crippen LogP contribution is -2.54. The molecule has 0 aliphatic carbocycles. The summed E-state index contributed by atoms with van der Waals surface area (Å²) in [5.74, 6) is 0.870. The van der Waals surface area contributed by atoms with Crippen molar-refractivity contribution >= 4 is 26.9 Å². The summed E-state index contributed by atoms with van der Waals surface area (Å²) in [7, 11) is -3.49. The van der Waals surface area contributed by atoms with Crippen LogP contribution in [0, 0.1) is 6.92 Å². The van der Waals surface area contributed by atoms with Crippen molar-refractivity contribution < 1.29 is 8.42 Å². The number of benzene rings is 2. The summed E-state index contributed by atoms with van der Waals surface area (Å²) in [6.45, 7) is 4.14. The Morgan fingerprint density at radius 2 is 1.60 bits per heavy atom. The van der Waals surface area contributed by atoms with Gasteiger partial charge in [0.1, 0.15) is 5.82 Å². The second kappa shape index (κ2) is 7.32. The smallest absolute Gasteiger partial charge is 0.243 e. The molecule has 3 aromatic rings. The molecule has 0 bridgehead atoms. The average Bonchev–Trinajstić information content (AvgIpc) is 3.18. The molecule has 3 heterocycles. The van der Waals surface area contributed by atoms with E-state index in [9.17, 15) is 8.42 Å². The molecule has 0 radical (unpaired) electrons. The van der Waals surface area contributed by atoms with Gasteiger partial charge in [-0.15, -0.1) is 0 Å². The lowest BCUT2D eigenvalue weighted by Gasteiger charge is -2.44. The van der Waals surface area contributed by atoms with Crippen LogP contribution < -0.4 is 4.90 Å². The minimum atomic E-state index is -3.49. The summed E-state index contributed by atoms with van der Waals surface area (Å²) in [6.07, 6.45) is 5.30. The molecule has 7 heteroatoms.